The highest BCUT2D eigenvalue weighted by atomic mass is 32.2. The summed E-state index contributed by atoms with van der Waals surface area (Å²) in [6.45, 7) is 4.00. The van der Waals surface area contributed by atoms with Gasteiger partial charge in [-0.15, -0.1) is 0 Å². The van der Waals surface area contributed by atoms with Gasteiger partial charge < -0.3 is 20.6 Å². The molecule has 0 fully saturated rings. The smallest absolute Gasteiger partial charge is 0.259 e. The summed E-state index contributed by atoms with van der Waals surface area (Å²) in [7, 11) is 0. The summed E-state index contributed by atoms with van der Waals surface area (Å²) in [4.78, 5) is 14.9. The Balaban J connectivity index is 0.00000167. The second-order valence-corrected chi connectivity index (χ2v) is 8.66. The molecule has 35 heavy (non-hydrogen) atoms. The van der Waals surface area contributed by atoms with Crippen molar-refractivity contribution in [2.75, 3.05) is 5.32 Å². The first-order chi connectivity index (χ1) is 17.0. The first kappa shape index (κ1) is 25.7. The monoisotopic (exact) mass is 487 g/mol. The molecule has 5 nitrogen and oxygen atoms in total. The Bertz CT molecular complexity index is 1260. The van der Waals surface area contributed by atoms with Crippen LogP contribution < -0.4 is 5.32 Å². The van der Waals surface area contributed by atoms with Gasteiger partial charge in [-0.3, -0.25) is 4.79 Å². The fourth-order valence-electron chi connectivity index (χ4n) is 3.45. The van der Waals surface area contributed by atoms with Crippen molar-refractivity contribution in [2.45, 2.75) is 36.5 Å². The van der Waals surface area contributed by atoms with Gasteiger partial charge in [0.1, 0.15) is 0 Å². The molecule has 4 rings (SSSR count). The van der Waals surface area contributed by atoms with E-state index < -0.39 is 23.2 Å². The minimum atomic E-state index is -0.695. The molecular formula is C29H29NO4S. The molecule has 0 aromatic heterocycles. The van der Waals surface area contributed by atoms with Gasteiger partial charge in [-0.2, -0.15) is 0 Å². The van der Waals surface area contributed by atoms with Crippen LogP contribution in [0.4, 0.5) is 5.69 Å². The number of hydrogen-bond acceptors (Lipinski definition) is 5. The van der Waals surface area contributed by atoms with Gasteiger partial charge in [0.15, 0.2) is 11.5 Å². The van der Waals surface area contributed by atoms with Crippen LogP contribution in [0, 0.1) is 0 Å². The maximum absolute atomic E-state index is 12.9. The van der Waals surface area contributed by atoms with E-state index in [9.17, 15) is 20.1 Å². The number of aromatic hydroxyl groups is 3. The molecule has 0 unspecified atom stereocenters. The standard InChI is InChI=1S/C27H23NO4S.C2H6/c29-24-19(15-14-18-8-3-1-4-9-18)16-23(25(30)26(24)31)27(32)28-20-10-7-13-22(17-20)33-21-11-5-2-6-12-21;1-2/h1-13,16-17,29-31H,14-15H2,(H,28,32);1-2H3. The zero-order valence-electron chi connectivity index (χ0n) is 19.7. The van der Waals surface area contributed by atoms with E-state index >= 15 is 0 Å². The van der Waals surface area contributed by atoms with Crippen LogP contribution in [0.2, 0.25) is 0 Å². The maximum Gasteiger partial charge on any atom is 0.259 e. The molecule has 4 aromatic rings. The normalized spacial score (nSPS) is 10.2. The lowest BCUT2D eigenvalue weighted by Crippen LogP contribution is -2.13. The van der Waals surface area contributed by atoms with Gasteiger partial charge in [0.2, 0.25) is 5.75 Å². The average molecular weight is 488 g/mol. The van der Waals surface area contributed by atoms with E-state index in [1.54, 1.807) is 17.8 Å². The lowest BCUT2D eigenvalue weighted by molar-refractivity contribution is 0.102. The molecule has 0 saturated carbocycles. The van der Waals surface area contributed by atoms with Gasteiger partial charge in [0.25, 0.3) is 5.91 Å². The highest BCUT2D eigenvalue weighted by Gasteiger charge is 2.21. The third-order valence-corrected chi connectivity index (χ3v) is 6.17. The predicted octanol–water partition coefficient (Wildman–Crippen LogP) is 7.02. The molecule has 0 aliphatic rings. The number of benzene rings is 4. The van der Waals surface area contributed by atoms with Gasteiger partial charge in [0.05, 0.1) is 5.56 Å². The summed E-state index contributed by atoms with van der Waals surface area (Å²) in [5, 5.41) is 33.6. The zero-order valence-corrected chi connectivity index (χ0v) is 20.5. The molecule has 4 aromatic carbocycles. The molecular weight excluding hydrogens is 458 g/mol. The lowest BCUT2D eigenvalue weighted by Gasteiger charge is -2.13. The molecule has 0 radical (unpaired) electrons. The quantitative estimate of drug-likeness (QED) is 0.210. The fraction of sp³-hybridized carbons (Fsp3) is 0.138. The summed E-state index contributed by atoms with van der Waals surface area (Å²) in [6, 6.07) is 28.4. The molecule has 1 amide bonds. The molecule has 0 heterocycles. The van der Waals surface area contributed by atoms with E-state index in [-0.39, 0.29) is 5.56 Å². The Kier molecular flexibility index (Phi) is 9.21. The molecule has 0 aliphatic carbocycles. The number of aryl methyl sites for hydroxylation is 2. The Morgan fingerprint density at radius 3 is 2.03 bits per heavy atom. The number of rotatable bonds is 7. The van der Waals surface area contributed by atoms with Gasteiger partial charge >= 0.3 is 0 Å². The van der Waals surface area contributed by atoms with Crippen LogP contribution in [0.5, 0.6) is 17.2 Å². The summed E-state index contributed by atoms with van der Waals surface area (Å²) < 4.78 is 0. The van der Waals surface area contributed by atoms with Crippen LogP contribution in [-0.2, 0) is 12.8 Å². The lowest BCUT2D eigenvalue weighted by atomic mass is 10.00. The number of hydrogen-bond donors (Lipinski definition) is 4. The van der Waals surface area contributed by atoms with Crippen molar-refractivity contribution in [3.05, 3.63) is 108 Å². The second kappa shape index (κ2) is 12.5. The van der Waals surface area contributed by atoms with Gasteiger partial charge in [-0.05, 0) is 60.4 Å². The van der Waals surface area contributed by atoms with E-state index in [1.165, 1.54) is 6.07 Å². The largest absolute Gasteiger partial charge is 0.504 e. The van der Waals surface area contributed by atoms with Crippen LogP contribution in [0.3, 0.4) is 0 Å². The van der Waals surface area contributed by atoms with Crippen molar-refractivity contribution in [3.8, 4) is 17.2 Å². The Morgan fingerprint density at radius 1 is 0.714 bits per heavy atom. The van der Waals surface area contributed by atoms with Gasteiger partial charge in [-0.1, -0.05) is 80.2 Å². The third kappa shape index (κ3) is 6.80. The van der Waals surface area contributed by atoms with Crippen LogP contribution >= 0.6 is 11.8 Å². The average Bonchev–Trinajstić information content (AvgIpc) is 2.89. The summed E-state index contributed by atoms with van der Waals surface area (Å²) in [5.41, 5.74) is 1.89. The molecule has 180 valence electrons. The fourth-order valence-corrected chi connectivity index (χ4v) is 4.35. The maximum atomic E-state index is 12.9. The van der Waals surface area contributed by atoms with Crippen molar-refractivity contribution < 1.29 is 20.1 Å². The molecule has 6 heteroatoms. The van der Waals surface area contributed by atoms with Crippen LogP contribution in [0.25, 0.3) is 0 Å². The first-order valence-electron chi connectivity index (χ1n) is 11.5. The number of anilines is 1. The number of carbonyl (C=O) groups excluding carboxylic acids is 1. The topological polar surface area (TPSA) is 89.8 Å². The second-order valence-electron chi connectivity index (χ2n) is 7.51. The van der Waals surface area contributed by atoms with Crippen LogP contribution in [0.15, 0.2) is 101 Å². The Morgan fingerprint density at radius 2 is 1.34 bits per heavy atom. The predicted molar refractivity (Wildman–Crippen MR) is 142 cm³/mol. The van der Waals surface area contributed by atoms with Crippen LogP contribution in [0.1, 0.15) is 35.3 Å². The van der Waals surface area contributed by atoms with Crippen LogP contribution in [-0.4, -0.2) is 21.2 Å². The minimum absolute atomic E-state index is 0.102. The van der Waals surface area contributed by atoms with Crippen molar-refractivity contribution in [1.82, 2.24) is 0 Å². The van der Waals surface area contributed by atoms with E-state index in [0.717, 1.165) is 15.4 Å². The molecule has 0 atom stereocenters. The van der Waals surface area contributed by atoms with Gasteiger partial charge in [-0.25, -0.2) is 0 Å². The summed E-state index contributed by atoms with van der Waals surface area (Å²) in [5.74, 6) is -2.34. The number of phenolic OH excluding ortho intramolecular Hbond substituents is 3. The molecule has 4 N–H and O–H groups in total. The number of nitrogens with one attached hydrogen (secondary N) is 1. The molecule has 0 aliphatic heterocycles. The number of carbonyl (C=O) groups is 1. The highest BCUT2D eigenvalue weighted by molar-refractivity contribution is 7.99. The molecule has 0 saturated heterocycles. The Labute approximate surface area is 210 Å². The van der Waals surface area contributed by atoms with Crippen molar-refractivity contribution in [2.24, 2.45) is 0 Å². The Hall–Kier alpha value is -3.90. The van der Waals surface area contributed by atoms with Crippen molar-refractivity contribution in [3.63, 3.8) is 0 Å². The minimum Gasteiger partial charge on any atom is -0.504 e. The van der Waals surface area contributed by atoms with Gasteiger partial charge in [0, 0.05) is 15.5 Å². The van der Waals surface area contributed by atoms with E-state index in [0.29, 0.717) is 24.1 Å². The third-order valence-electron chi connectivity index (χ3n) is 5.17. The number of amides is 1. The summed E-state index contributed by atoms with van der Waals surface area (Å²) in [6.07, 6.45) is 1.01. The highest BCUT2D eigenvalue weighted by Crippen LogP contribution is 2.41. The van der Waals surface area contributed by atoms with E-state index in [1.807, 2.05) is 92.7 Å². The van der Waals surface area contributed by atoms with E-state index in [2.05, 4.69) is 5.32 Å². The van der Waals surface area contributed by atoms with E-state index in [4.69, 9.17) is 0 Å². The van der Waals surface area contributed by atoms with Crippen molar-refractivity contribution in [1.29, 1.82) is 0 Å². The molecule has 0 spiro atoms. The SMILES string of the molecule is CC.O=C(Nc1cccc(Sc2ccccc2)c1)c1cc(CCc2ccccc2)c(O)c(O)c1O. The summed E-state index contributed by atoms with van der Waals surface area (Å²) >= 11 is 1.57. The van der Waals surface area contributed by atoms with Crippen molar-refractivity contribution >= 4 is 23.4 Å². The first-order valence-corrected chi connectivity index (χ1v) is 12.3. The zero-order chi connectivity index (χ0) is 25.2. The number of phenols is 3. The molecule has 0 bridgehead atoms.